The highest BCUT2D eigenvalue weighted by Crippen LogP contribution is 2.11. The summed E-state index contributed by atoms with van der Waals surface area (Å²) in [5, 5.41) is 3.82. The number of nitrogens with zero attached hydrogens (tertiary/aromatic N) is 3. The van der Waals surface area contributed by atoms with Crippen molar-refractivity contribution in [2.75, 3.05) is 20.2 Å². The molecule has 1 aliphatic rings. The van der Waals surface area contributed by atoms with Crippen LogP contribution in [0.5, 0.6) is 0 Å². The molecule has 16 heavy (non-hydrogen) atoms. The average molecular weight is 226 g/mol. The first kappa shape index (κ1) is 11.5. The van der Waals surface area contributed by atoms with Gasteiger partial charge < -0.3 is 15.0 Å². The zero-order valence-corrected chi connectivity index (χ0v) is 9.56. The summed E-state index contributed by atoms with van der Waals surface area (Å²) in [5.74, 6) is 1.24. The zero-order chi connectivity index (χ0) is 11.4. The minimum absolute atomic E-state index is 0.273. The topological polar surface area (TPSA) is 77.4 Å². The van der Waals surface area contributed by atoms with Crippen LogP contribution in [0.15, 0.2) is 4.52 Å². The Morgan fingerprint density at radius 1 is 1.62 bits per heavy atom. The van der Waals surface area contributed by atoms with Crippen LogP contribution >= 0.6 is 0 Å². The van der Waals surface area contributed by atoms with E-state index in [1.54, 1.807) is 7.11 Å². The molecule has 1 saturated heterocycles. The fourth-order valence-corrected chi connectivity index (χ4v) is 1.97. The number of hydrogen-bond donors (Lipinski definition) is 1. The van der Waals surface area contributed by atoms with Gasteiger partial charge >= 0.3 is 0 Å². The monoisotopic (exact) mass is 226 g/mol. The minimum Gasteiger partial charge on any atom is -0.377 e. The van der Waals surface area contributed by atoms with Crippen molar-refractivity contribution in [1.82, 2.24) is 15.0 Å². The van der Waals surface area contributed by atoms with Crippen LogP contribution < -0.4 is 5.73 Å². The van der Waals surface area contributed by atoms with E-state index >= 15 is 0 Å². The van der Waals surface area contributed by atoms with E-state index in [-0.39, 0.29) is 6.04 Å². The number of aromatic nitrogens is 2. The fourth-order valence-electron chi connectivity index (χ4n) is 1.97. The van der Waals surface area contributed by atoms with Gasteiger partial charge in [-0.05, 0) is 19.4 Å². The third kappa shape index (κ3) is 3.01. The molecule has 1 aromatic rings. The van der Waals surface area contributed by atoms with Gasteiger partial charge in [-0.15, -0.1) is 0 Å². The van der Waals surface area contributed by atoms with Crippen molar-refractivity contribution in [3.8, 4) is 0 Å². The first-order chi connectivity index (χ1) is 7.78. The van der Waals surface area contributed by atoms with Crippen LogP contribution in [0.3, 0.4) is 0 Å². The van der Waals surface area contributed by atoms with Crippen LogP contribution in [0.4, 0.5) is 0 Å². The largest absolute Gasteiger partial charge is 0.377 e. The molecule has 0 aromatic carbocycles. The van der Waals surface area contributed by atoms with Crippen molar-refractivity contribution >= 4 is 0 Å². The summed E-state index contributed by atoms with van der Waals surface area (Å²) in [4.78, 5) is 6.48. The zero-order valence-electron chi connectivity index (χ0n) is 9.56. The van der Waals surface area contributed by atoms with Gasteiger partial charge in [0.15, 0.2) is 5.82 Å². The van der Waals surface area contributed by atoms with Gasteiger partial charge in [0.05, 0.1) is 6.54 Å². The van der Waals surface area contributed by atoms with Crippen molar-refractivity contribution in [2.45, 2.75) is 32.0 Å². The molecule has 1 atom stereocenters. The molecule has 0 amide bonds. The molecule has 0 radical (unpaired) electrons. The Balaban J connectivity index is 1.87. The normalized spacial score (nSPS) is 22.5. The summed E-state index contributed by atoms with van der Waals surface area (Å²) in [7, 11) is 1.61. The smallest absolute Gasteiger partial charge is 0.240 e. The number of nitrogens with two attached hydrogens (primary N) is 1. The maximum atomic E-state index is 5.90. The first-order valence-corrected chi connectivity index (χ1v) is 5.56. The molecule has 2 N–H and O–H groups in total. The van der Waals surface area contributed by atoms with Crippen LogP contribution in [0.25, 0.3) is 0 Å². The van der Waals surface area contributed by atoms with E-state index in [9.17, 15) is 0 Å². The highest BCUT2D eigenvalue weighted by molar-refractivity contribution is 4.86. The maximum Gasteiger partial charge on any atom is 0.240 e. The molecule has 2 rings (SSSR count). The number of ether oxygens (including phenoxy) is 1. The van der Waals surface area contributed by atoms with Crippen LogP contribution in [0.1, 0.15) is 24.6 Å². The Kier molecular flexibility index (Phi) is 3.87. The minimum atomic E-state index is 0.273. The van der Waals surface area contributed by atoms with Gasteiger partial charge in [0.1, 0.15) is 6.61 Å². The standard InChI is InChI=1S/C10H18N4O2/c1-15-7-9-12-10(16-13-9)6-14-4-2-3-8(11)5-14/h8H,2-7,11H2,1H3. The van der Waals surface area contributed by atoms with Gasteiger partial charge in [-0.1, -0.05) is 5.16 Å². The molecule has 0 aliphatic carbocycles. The molecule has 1 unspecified atom stereocenters. The molecule has 2 heterocycles. The van der Waals surface area contributed by atoms with Gasteiger partial charge in [0.2, 0.25) is 5.89 Å². The van der Waals surface area contributed by atoms with E-state index in [1.807, 2.05) is 0 Å². The Hall–Kier alpha value is -0.980. The Morgan fingerprint density at radius 3 is 3.25 bits per heavy atom. The lowest BCUT2D eigenvalue weighted by Crippen LogP contribution is -2.42. The molecule has 0 saturated carbocycles. The second-order valence-corrected chi connectivity index (χ2v) is 4.17. The molecular formula is C10H18N4O2. The van der Waals surface area contributed by atoms with E-state index in [1.165, 1.54) is 0 Å². The van der Waals surface area contributed by atoms with Crippen molar-refractivity contribution < 1.29 is 9.26 Å². The summed E-state index contributed by atoms with van der Waals surface area (Å²) in [6.07, 6.45) is 2.25. The van der Waals surface area contributed by atoms with Crippen LogP contribution in [0.2, 0.25) is 0 Å². The molecular weight excluding hydrogens is 208 g/mol. The molecule has 0 spiro atoms. The highest BCUT2D eigenvalue weighted by atomic mass is 16.5. The number of piperidine rings is 1. The van der Waals surface area contributed by atoms with Crippen molar-refractivity contribution in [2.24, 2.45) is 5.73 Å². The Bertz CT molecular complexity index is 328. The quantitative estimate of drug-likeness (QED) is 0.786. The molecule has 0 bridgehead atoms. The van der Waals surface area contributed by atoms with E-state index in [4.69, 9.17) is 15.0 Å². The van der Waals surface area contributed by atoms with Crippen LogP contribution in [0, 0.1) is 0 Å². The second kappa shape index (κ2) is 5.38. The molecule has 1 aromatic heterocycles. The molecule has 1 fully saturated rings. The summed E-state index contributed by atoms with van der Waals surface area (Å²) >= 11 is 0. The maximum absolute atomic E-state index is 5.90. The average Bonchev–Trinajstić information content (AvgIpc) is 2.66. The summed E-state index contributed by atoms with van der Waals surface area (Å²) < 4.78 is 10.1. The lowest BCUT2D eigenvalue weighted by atomic mass is 10.1. The third-order valence-electron chi connectivity index (χ3n) is 2.68. The van der Waals surface area contributed by atoms with E-state index in [0.717, 1.165) is 25.9 Å². The van der Waals surface area contributed by atoms with Gasteiger partial charge in [0.25, 0.3) is 0 Å². The Labute approximate surface area is 94.7 Å². The van der Waals surface area contributed by atoms with E-state index < -0.39 is 0 Å². The molecule has 6 nitrogen and oxygen atoms in total. The number of rotatable bonds is 4. The van der Waals surface area contributed by atoms with Crippen molar-refractivity contribution in [3.05, 3.63) is 11.7 Å². The van der Waals surface area contributed by atoms with Crippen LogP contribution in [-0.2, 0) is 17.9 Å². The van der Waals surface area contributed by atoms with Crippen LogP contribution in [-0.4, -0.2) is 41.3 Å². The van der Waals surface area contributed by atoms with Crippen molar-refractivity contribution in [1.29, 1.82) is 0 Å². The highest BCUT2D eigenvalue weighted by Gasteiger charge is 2.18. The van der Waals surface area contributed by atoms with Crippen molar-refractivity contribution in [3.63, 3.8) is 0 Å². The van der Waals surface area contributed by atoms with Gasteiger partial charge in [-0.3, -0.25) is 4.90 Å². The lowest BCUT2D eigenvalue weighted by Gasteiger charge is -2.29. The summed E-state index contributed by atoms with van der Waals surface area (Å²) in [6.45, 7) is 3.03. The fraction of sp³-hybridized carbons (Fsp3) is 0.800. The summed E-state index contributed by atoms with van der Waals surface area (Å²) in [5.41, 5.74) is 5.90. The predicted octanol–water partition coefficient (Wildman–Crippen LogP) is 0.139. The van der Waals surface area contributed by atoms with Gasteiger partial charge in [0, 0.05) is 19.7 Å². The van der Waals surface area contributed by atoms with Gasteiger partial charge in [-0.25, -0.2) is 0 Å². The second-order valence-electron chi connectivity index (χ2n) is 4.17. The third-order valence-corrected chi connectivity index (χ3v) is 2.68. The summed E-state index contributed by atoms with van der Waals surface area (Å²) in [6, 6.07) is 0.273. The number of hydrogen-bond acceptors (Lipinski definition) is 6. The first-order valence-electron chi connectivity index (χ1n) is 5.56. The number of likely N-dealkylation sites (tertiary alicyclic amines) is 1. The number of methoxy groups -OCH3 is 1. The molecule has 6 heteroatoms. The molecule has 1 aliphatic heterocycles. The van der Waals surface area contributed by atoms with E-state index in [0.29, 0.717) is 24.9 Å². The lowest BCUT2D eigenvalue weighted by molar-refractivity contribution is 0.172. The predicted molar refractivity (Wildman–Crippen MR) is 57.5 cm³/mol. The Morgan fingerprint density at radius 2 is 2.50 bits per heavy atom. The molecule has 90 valence electrons. The van der Waals surface area contributed by atoms with E-state index in [2.05, 4.69) is 15.0 Å². The SMILES string of the molecule is COCc1noc(CN2CCCC(N)C2)n1. The van der Waals surface area contributed by atoms with Gasteiger partial charge in [-0.2, -0.15) is 4.98 Å².